The van der Waals surface area contributed by atoms with Gasteiger partial charge in [-0.2, -0.15) is 0 Å². The third kappa shape index (κ3) is 7.18. The number of rotatable bonds is 10. The molecule has 1 aliphatic carbocycles. The molecule has 0 bridgehead atoms. The second-order valence-electron chi connectivity index (χ2n) is 9.49. The van der Waals surface area contributed by atoms with Crippen LogP contribution in [0.3, 0.4) is 0 Å². The lowest BCUT2D eigenvalue weighted by Crippen LogP contribution is -2.61. The van der Waals surface area contributed by atoms with E-state index >= 15 is 0 Å². The number of hydroxylamine groups is 1. The zero-order chi connectivity index (χ0) is 24.3. The largest absolute Gasteiger partial charge is 0.338 e. The zero-order valence-electron chi connectivity index (χ0n) is 20.6. The lowest BCUT2D eigenvalue weighted by atomic mass is 9.91. The van der Waals surface area contributed by atoms with Gasteiger partial charge in [0.25, 0.3) is 0 Å². The third-order valence-corrected chi connectivity index (χ3v) is 6.73. The SMILES string of the molecule is CC1CN(C(C2=CCCC=C2)c2ccccc2)CC(C)N1C(=O)NCCCCCCC(=O)NO. The summed E-state index contributed by atoms with van der Waals surface area (Å²) < 4.78 is 0. The predicted molar refractivity (Wildman–Crippen MR) is 134 cm³/mol. The molecule has 1 aliphatic heterocycles. The highest BCUT2D eigenvalue weighted by Crippen LogP contribution is 2.34. The van der Waals surface area contributed by atoms with E-state index in [9.17, 15) is 9.59 Å². The number of piperazine rings is 1. The van der Waals surface area contributed by atoms with Crippen molar-refractivity contribution in [2.45, 2.75) is 76.9 Å². The summed E-state index contributed by atoms with van der Waals surface area (Å²) in [6.07, 6.45) is 12.9. The maximum atomic E-state index is 13.0. The van der Waals surface area contributed by atoms with E-state index in [-0.39, 0.29) is 30.1 Å². The molecule has 1 saturated heterocycles. The molecular weight excluding hydrogens is 428 g/mol. The standard InChI is InChI=1S/C27H40N4O3/c1-21-19-30(26(23-13-7-5-8-14-23)24-15-9-6-10-16-24)20-22(2)31(21)27(33)28-18-12-4-3-11-17-25(32)29-34/h5,7-9,13-16,21-22,26,34H,3-4,6,10-12,17-20H2,1-2H3,(H,28,33)(H,29,32). The Morgan fingerprint density at radius 3 is 2.38 bits per heavy atom. The Bertz CT molecular complexity index is 843. The van der Waals surface area contributed by atoms with Crippen molar-refractivity contribution in [3.63, 3.8) is 0 Å². The van der Waals surface area contributed by atoms with Gasteiger partial charge in [0.2, 0.25) is 5.91 Å². The van der Waals surface area contributed by atoms with Crippen LogP contribution in [0, 0.1) is 0 Å². The van der Waals surface area contributed by atoms with E-state index in [4.69, 9.17) is 5.21 Å². The van der Waals surface area contributed by atoms with Gasteiger partial charge in [-0.15, -0.1) is 0 Å². The number of benzene rings is 1. The molecule has 1 fully saturated rings. The van der Waals surface area contributed by atoms with Crippen molar-refractivity contribution >= 4 is 11.9 Å². The summed E-state index contributed by atoms with van der Waals surface area (Å²) in [4.78, 5) is 28.5. The molecule has 0 radical (unpaired) electrons. The molecule has 3 rings (SSSR count). The van der Waals surface area contributed by atoms with Crippen molar-refractivity contribution in [2.75, 3.05) is 19.6 Å². The summed E-state index contributed by atoms with van der Waals surface area (Å²) in [5.41, 5.74) is 4.31. The molecule has 7 heteroatoms. The number of hydrogen-bond acceptors (Lipinski definition) is 4. The van der Waals surface area contributed by atoms with Crippen LogP contribution in [0.25, 0.3) is 0 Å². The molecule has 0 aromatic heterocycles. The van der Waals surface area contributed by atoms with Gasteiger partial charge in [-0.05, 0) is 50.7 Å². The Labute approximate surface area is 203 Å². The number of amides is 3. The van der Waals surface area contributed by atoms with Crippen LogP contribution in [-0.4, -0.2) is 58.7 Å². The summed E-state index contributed by atoms with van der Waals surface area (Å²) >= 11 is 0. The molecule has 3 N–H and O–H groups in total. The Balaban J connectivity index is 1.53. The fourth-order valence-corrected chi connectivity index (χ4v) is 5.17. The first kappa shape index (κ1) is 26.0. The van der Waals surface area contributed by atoms with Gasteiger partial charge in [0.1, 0.15) is 0 Å². The molecule has 186 valence electrons. The lowest BCUT2D eigenvalue weighted by molar-refractivity contribution is -0.129. The second kappa shape index (κ2) is 13.3. The van der Waals surface area contributed by atoms with Crippen LogP contribution < -0.4 is 10.8 Å². The van der Waals surface area contributed by atoms with Crippen LogP contribution in [0.2, 0.25) is 0 Å². The van der Waals surface area contributed by atoms with Gasteiger partial charge in [0.15, 0.2) is 0 Å². The highest BCUT2D eigenvalue weighted by atomic mass is 16.5. The molecule has 7 nitrogen and oxygen atoms in total. The minimum absolute atomic E-state index is 0.00680. The summed E-state index contributed by atoms with van der Waals surface area (Å²) in [7, 11) is 0. The van der Waals surface area contributed by atoms with Crippen molar-refractivity contribution < 1.29 is 14.8 Å². The highest BCUT2D eigenvalue weighted by Gasteiger charge is 2.36. The molecule has 1 aromatic carbocycles. The summed E-state index contributed by atoms with van der Waals surface area (Å²) in [5.74, 6) is -0.347. The van der Waals surface area contributed by atoms with Gasteiger partial charge in [-0.25, -0.2) is 10.3 Å². The number of allylic oxidation sites excluding steroid dienone is 2. The van der Waals surface area contributed by atoms with E-state index in [0.717, 1.165) is 51.6 Å². The molecule has 2 aliphatic rings. The minimum Gasteiger partial charge on any atom is -0.338 e. The smallest absolute Gasteiger partial charge is 0.317 e. The average Bonchev–Trinajstić information content (AvgIpc) is 2.84. The molecule has 0 saturated carbocycles. The van der Waals surface area contributed by atoms with Crippen molar-refractivity contribution in [1.29, 1.82) is 0 Å². The molecule has 3 unspecified atom stereocenters. The number of hydrogen-bond donors (Lipinski definition) is 3. The molecule has 34 heavy (non-hydrogen) atoms. The van der Waals surface area contributed by atoms with Gasteiger partial charge < -0.3 is 10.2 Å². The van der Waals surface area contributed by atoms with Gasteiger partial charge in [0.05, 0.1) is 6.04 Å². The fraction of sp³-hybridized carbons (Fsp3) is 0.556. The average molecular weight is 469 g/mol. The molecule has 1 aromatic rings. The molecular formula is C27H40N4O3. The maximum Gasteiger partial charge on any atom is 0.317 e. The minimum atomic E-state index is -0.347. The van der Waals surface area contributed by atoms with Crippen LogP contribution in [0.4, 0.5) is 4.79 Å². The number of nitrogens with one attached hydrogen (secondary N) is 2. The molecule has 3 amide bonds. The summed E-state index contributed by atoms with van der Waals surface area (Å²) in [5, 5.41) is 11.6. The Hall–Kier alpha value is -2.64. The fourth-order valence-electron chi connectivity index (χ4n) is 5.17. The second-order valence-corrected chi connectivity index (χ2v) is 9.49. The Morgan fingerprint density at radius 2 is 1.74 bits per heavy atom. The van der Waals surface area contributed by atoms with Gasteiger partial charge in [-0.1, -0.05) is 61.4 Å². The van der Waals surface area contributed by atoms with Gasteiger partial charge in [-0.3, -0.25) is 14.9 Å². The monoisotopic (exact) mass is 468 g/mol. The van der Waals surface area contributed by atoms with Gasteiger partial charge in [0, 0.05) is 38.1 Å². The van der Waals surface area contributed by atoms with Crippen LogP contribution in [0.5, 0.6) is 0 Å². The van der Waals surface area contributed by atoms with E-state index in [2.05, 4.69) is 72.6 Å². The van der Waals surface area contributed by atoms with E-state index < -0.39 is 0 Å². The van der Waals surface area contributed by atoms with Crippen molar-refractivity contribution in [2.24, 2.45) is 0 Å². The number of urea groups is 1. The van der Waals surface area contributed by atoms with Crippen LogP contribution >= 0.6 is 0 Å². The van der Waals surface area contributed by atoms with E-state index in [0.29, 0.717) is 13.0 Å². The molecule has 1 heterocycles. The predicted octanol–water partition coefficient (Wildman–Crippen LogP) is 4.56. The van der Waals surface area contributed by atoms with Crippen molar-refractivity contribution in [1.82, 2.24) is 20.6 Å². The van der Waals surface area contributed by atoms with Crippen LogP contribution in [0.1, 0.15) is 70.4 Å². The number of carbonyl (C=O) groups is 2. The van der Waals surface area contributed by atoms with Gasteiger partial charge >= 0.3 is 6.03 Å². The highest BCUT2D eigenvalue weighted by molar-refractivity contribution is 5.75. The third-order valence-electron chi connectivity index (χ3n) is 6.73. The quantitative estimate of drug-likeness (QED) is 0.267. The molecule has 0 spiro atoms. The van der Waals surface area contributed by atoms with E-state index in [1.165, 1.54) is 11.1 Å². The van der Waals surface area contributed by atoms with Crippen molar-refractivity contribution in [3.05, 3.63) is 59.7 Å². The topological polar surface area (TPSA) is 84.9 Å². The Kier molecular flexibility index (Phi) is 10.2. The first-order valence-electron chi connectivity index (χ1n) is 12.7. The number of unbranched alkanes of at least 4 members (excludes halogenated alkanes) is 3. The first-order chi connectivity index (χ1) is 16.5. The van der Waals surface area contributed by atoms with Crippen LogP contribution in [0.15, 0.2) is 54.1 Å². The molecule has 3 atom stereocenters. The first-order valence-corrected chi connectivity index (χ1v) is 12.7. The Morgan fingerprint density at radius 1 is 1.03 bits per heavy atom. The lowest BCUT2D eigenvalue weighted by Gasteiger charge is -2.47. The van der Waals surface area contributed by atoms with Crippen molar-refractivity contribution in [3.8, 4) is 0 Å². The normalized spacial score (nSPS) is 21.6. The van der Waals surface area contributed by atoms with Crippen LogP contribution in [-0.2, 0) is 4.79 Å². The van der Waals surface area contributed by atoms with E-state index in [1.54, 1.807) is 5.48 Å². The summed E-state index contributed by atoms with van der Waals surface area (Å²) in [6.45, 7) is 6.57. The van der Waals surface area contributed by atoms with E-state index in [1.807, 2.05) is 4.90 Å². The zero-order valence-corrected chi connectivity index (χ0v) is 20.6. The summed E-state index contributed by atoms with van der Waals surface area (Å²) in [6, 6.07) is 11.1. The maximum absolute atomic E-state index is 13.0. The number of carbonyl (C=O) groups excluding carboxylic acids is 2. The number of nitrogens with zero attached hydrogens (tertiary/aromatic N) is 2.